The molecule has 0 bridgehead atoms. The summed E-state index contributed by atoms with van der Waals surface area (Å²) >= 11 is 0. The van der Waals surface area contributed by atoms with Gasteiger partial charge in [0, 0.05) is 5.56 Å². The molecular weight excluding hydrogens is 566 g/mol. The third kappa shape index (κ3) is 6.08. The molecule has 6 rings (SSSR count). The Morgan fingerprint density at radius 3 is 2.60 bits per heavy atom. The number of hydrogen-bond acceptors (Lipinski definition) is 7. The van der Waals surface area contributed by atoms with Crippen LogP contribution in [0.3, 0.4) is 0 Å². The standard InChI is InChI=1S/C37H33N3O5/c1-5-11-27-19-26(20-33(43-6-2)35(27)44-23-25-13-9-12-24(3)18-25)22-38-40-36(39-30-15-8-7-14-28(30)37(40)41)34-21-29-31(42-4)16-10-17-32(29)45-34/h5,7-10,12-22H,1,6,11,23H2,2-4H3. The lowest BCUT2D eigenvalue weighted by Crippen LogP contribution is -2.20. The molecule has 0 fully saturated rings. The molecule has 0 radical (unpaired) electrons. The van der Waals surface area contributed by atoms with Crippen LogP contribution in [0.1, 0.15) is 29.2 Å². The van der Waals surface area contributed by atoms with Gasteiger partial charge in [-0.15, -0.1) is 6.58 Å². The van der Waals surface area contributed by atoms with Crippen molar-refractivity contribution in [2.75, 3.05) is 13.7 Å². The molecule has 2 heterocycles. The lowest BCUT2D eigenvalue weighted by Gasteiger charge is -2.17. The summed E-state index contributed by atoms with van der Waals surface area (Å²) in [6, 6.07) is 26.5. The number of allylic oxidation sites excluding steroid dienone is 1. The molecule has 0 aliphatic carbocycles. The Morgan fingerprint density at radius 1 is 0.956 bits per heavy atom. The fourth-order valence-corrected chi connectivity index (χ4v) is 5.29. The van der Waals surface area contributed by atoms with E-state index in [0.717, 1.165) is 22.1 Å². The van der Waals surface area contributed by atoms with Crippen LogP contribution >= 0.6 is 0 Å². The van der Waals surface area contributed by atoms with Gasteiger partial charge in [0.25, 0.3) is 5.56 Å². The van der Waals surface area contributed by atoms with E-state index in [0.29, 0.717) is 59.1 Å². The highest BCUT2D eigenvalue weighted by Crippen LogP contribution is 2.35. The maximum atomic E-state index is 13.8. The van der Waals surface area contributed by atoms with E-state index in [1.807, 2.05) is 67.6 Å². The van der Waals surface area contributed by atoms with Gasteiger partial charge in [-0.3, -0.25) is 4.79 Å². The van der Waals surface area contributed by atoms with Crippen LogP contribution in [0.5, 0.6) is 17.2 Å². The van der Waals surface area contributed by atoms with E-state index in [1.165, 1.54) is 10.2 Å². The fraction of sp³-hybridized carbons (Fsp3) is 0.162. The smallest absolute Gasteiger partial charge is 0.282 e. The van der Waals surface area contributed by atoms with Gasteiger partial charge < -0.3 is 18.6 Å². The van der Waals surface area contributed by atoms with Crippen molar-refractivity contribution < 1.29 is 18.6 Å². The first-order valence-corrected chi connectivity index (χ1v) is 14.7. The normalized spacial score (nSPS) is 11.4. The topological polar surface area (TPSA) is 88.1 Å². The van der Waals surface area contributed by atoms with Crippen molar-refractivity contribution in [1.82, 2.24) is 9.66 Å². The molecule has 2 aromatic heterocycles. The summed E-state index contributed by atoms with van der Waals surface area (Å²) in [4.78, 5) is 18.6. The lowest BCUT2D eigenvalue weighted by molar-refractivity contribution is 0.267. The van der Waals surface area contributed by atoms with Crippen LogP contribution in [0.2, 0.25) is 0 Å². The maximum Gasteiger partial charge on any atom is 0.282 e. The number of nitrogens with zero attached hydrogens (tertiary/aromatic N) is 3. The zero-order valence-electron chi connectivity index (χ0n) is 25.4. The van der Waals surface area contributed by atoms with Crippen molar-refractivity contribution in [2.45, 2.75) is 26.9 Å². The van der Waals surface area contributed by atoms with Crippen molar-refractivity contribution in [3.05, 3.63) is 130 Å². The molecule has 6 aromatic rings. The van der Waals surface area contributed by atoms with E-state index < -0.39 is 0 Å². The van der Waals surface area contributed by atoms with Gasteiger partial charge in [-0.1, -0.05) is 54.1 Å². The molecule has 0 saturated carbocycles. The van der Waals surface area contributed by atoms with E-state index in [9.17, 15) is 4.79 Å². The minimum absolute atomic E-state index is 0.266. The predicted molar refractivity (Wildman–Crippen MR) is 178 cm³/mol. The number of furan rings is 1. The van der Waals surface area contributed by atoms with E-state index in [-0.39, 0.29) is 11.4 Å². The van der Waals surface area contributed by atoms with Crippen LogP contribution in [0, 0.1) is 6.92 Å². The average molecular weight is 600 g/mol. The number of fused-ring (bicyclic) bond motifs is 2. The molecule has 0 amide bonds. The summed E-state index contributed by atoms with van der Waals surface area (Å²) in [7, 11) is 1.60. The van der Waals surface area contributed by atoms with Gasteiger partial charge in [0.2, 0.25) is 5.82 Å². The largest absolute Gasteiger partial charge is 0.496 e. The molecular formula is C37H33N3O5. The molecule has 0 atom stereocenters. The zero-order valence-corrected chi connectivity index (χ0v) is 25.4. The Labute approximate surface area is 260 Å². The number of ether oxygens (including phenoxy) is 3. The molecule has 4 aromatic carbocycles. The Morgan fingerprint density at radius 2 is 1.80 bits per heavy atom. The van der Waals surface area contributed by atoms with E-state index in [4.69, 9.17) is 23.6 Å². The summed E-state index contributed by atoms with van der Waals surface area (Å²) in [6.45, 7) is 8.76. The minimum Gasteiger partial charge on any atom is -0.496 e. The molecule has 45 heavy (non-hydrogen) atoms. The number of methoxy groups -OCH3 is 1. The first-order chi connectivity index (χ1) is 22.0. The summed E-state index contributed by atoms with van der Waals surface area (Å²) in [5.74, 6) is 2.54. The number of hydrogen-bond donors (Lipinski definition) is 0. The Hall–Kier alpha value is -5.63. The first-order valence-electron chi connectivity index (χ1n) is 14.7. The second kappa shape index (κ2) is 12.9. The van der Waals surface area contributed by atoms with Gasteiger partial charge in [-0.2, -0.15) is 9.78 Å². The summed E-state index contributed by atoms with van der Waals surface area (Å²) in [6.07, 6.45) is 3.98. The van der Waals surface area contributed by atoms with Crippen LogP contribution in [0.4, 0.5) is 0 Å². The molecule has 0 aliphatic heterocycles. The van der Waals surface area contributed by atoms with Crippen molar-refractivity contribution in [1.29, 1.82) is 0 Å². The highest BCUT2D eigenvalue weighted by atomic mass is 16.5. The number of para-hydroxylation sites is 1. The molecule has 0 unspecified atom stereocenters. The highest BCUT2D eigenvalue weighted by Gasteiger charge is 2.18. The highest BCUT2D eigenvalue weighted by molar-refractivity contribution is 5.89. The average Bonchev–Trinajstić information content (AvgIpc) is 3.49. The van der Waals surface area contributed by atoms with Gasteiger partial charge in [-0.25, -0.2) is 4.98 Å². The molecule has 226 valence electrons. The fourth-order valence-electron chi connectivity index (χ4n) is 5.29. The van der Waals surface area contributed by atoms with Crippen molar-refractivity contribution in [3.8, 4) is 28.8 Å². The number of aryl methyl sites for hydroxylation is 1. The van der Waals surface area contributed by atoms with Crippen LogP contribution in [0.25, 0.3) is 33.5 Å². The third-order valence-corrected chi connectivity index (χ3v) is 7.32. The molecule has 0 spiro atoms. The summed E-state index contributed by atoms with van der Waals surface area (Å²) in [5.41, 5.74) is 4.66. The van der Waals surface area contributed by atoms with Crippen molar-refractivity contribution in [2.24, 2.45) is 5.10 Å². The van der Waals surface area contributed by atoms with Crippen molar-refractivity contribution >= 4 is 28.1 Å². The quantitative estimate of drug-likeness (QED) is 0.112. The Kier molecular flexibility index (Phi) is 8.46. The van der Waals surface area contributed by atoms with Crippen LogP contribution < -0.4 is 19.8 Å². The minimum atomic E-state index is -0.325. The second-order valence-corrected chi connectivity index (χ2v) is 10.5. The Bertz CT molecular complexity index is 2110. The third-order valence-electron chi connectivity index (χ3n) is 7.32. The maximum absolute atomic E-state index is 13.8. The molecule has 0 aliphatic rings. The van der Waals surface area contributed by atoms with Crippen molar-refractivity contribution in [3.63, 3.8) is 0 Å². The molecule has 0 N–H and O–H groups in total. The van der Waals surface area contributed by atoms with Gasteiger partial charge in [0.15, 0.2) is 17.3 Å². The van der Waals surface area contributed by atoms with Gasteiger partial charge in [0.1, 0.15) is 17.9 Å². The second-order valence-electron chi connectivity index (χ2n) is 10.5. The van der Waals surface area contributed by atoms with Gasteiger partial charge >= 0.3 is 0 Å². The number of benzene rings is 4. The number of aromatic nitrogens is 2. The Balaban J connectivity index is 1.44. The molecule has 8 nitrogen and oxygen atoms in total. The SMILES string of the molecule is C=CCc1cc(C=Nn2c(-c3cc4c(OC)cccc4o3)nc3ccccc3c2=O)cc(OCC)c1OCc1cccc(C)c1. The number of rotatable bonds is 11. The van der Waals surface area contributed by atoms with E-state index in [1.54, 1.807) is 31.5 Å². The summed E-state index contributed by atoms with van der Waals surface area (Å²) < 4.78 is 25.3. The van der Waals surface area contributed by atoms with E-state index >= 15 is 0 Å². The zero-order chi connectivity index (χ0) is 31.3. The van der Waals surface area contributed by atoms with Crippen LogP contribution in [-0.4, -0.2) is 29.6 Å². The monoisotopic (exact) mass is 599 g/mol. The molecule has 0 saturated heterocycles. The van der Waals surface area contributed by atoms with Gasteiger partial charge in [-0.05, 0) is 73.9 Å². The van der Waals surface area contributed by atoms with Crippen LogP contribution in [0.15, 0.2) is 112 Å². The first kappa shape index (κ1) is 29.4. The predicted octanol–water partition coefficient (Wildman–Crippen LogP) is 7.72. The van der Waals surface area contributed by atoms with Crippen LogP contribution in [-0.2, 0) is 13.0 Å². The lowest BCUT2D eigenvalue weighted by atomic mass is 10.1. The van der Waals surface area contributed by atoms with Gasteiger partial charge in [0.05, 0.1) is 36.2 Å². The van der Waals surface area contributed by atoms with E-state index in [2.05, 4.69) is 30.7 Å². The summed E-state index contributed by atoms with van der Waals surface area (Å²) in [5, 5.41) is 5.86. The molecule has 8 heteroatoms.